The average Bonchev–Trinajstić information content (AvgIpc) is 3.01. The molecule has 8 heteroatoms. The summed E-state index contributed by atoms with van der Waals surface area (Å²) in [5, 5.41) is 0. The number of benzene rings is 1. The van der Waals surface area contributed by atoms with Gasteiger partial charge in [-0.25, -0.2) is 12.8 Å². The first-order valence-electron chi connectivity index (χ1n) is 6.52. The molecule has 2 unspecified atom stereocenters. The summed E-state index contributed by atoms with van der Waals surface area (Å²) < 4.78 is 36.6. The molecule has 1 saturated heterocycles. The van der Waals surface area contributed by atoms with E-state index in [0.29, 0.717) is 12.5 Å². The van der Waals surface area contributed by atoms with Crippen molar-refractivity contribution in [2.45, 2.75) is 30.2 Å². The third kappa shape index (κ3) is 2.71. The van der Waals surface area contributed by atoms with Gasteiger partial charge in [-0.3, -0.25) is 4.79 Å². The van der Waals surface area contributed by atoms with Gasteiger partial charge in [-0.2, -0.15) is 0 Å². The highest BCUT2D eigenvalue weighted by molar-refractivity contribution is 9.10. The van der Waals surface area contributed by atoms with Crippen LogP contribution in [0, 0.1) is 11.7 Å². The van der Waals surface area contributed by atoms with E-state index in [9.17, 15) is 17.6 Å². The number of nitrogens with zero attached hydrogens (tertiary/aromatic N) is 1. The van der Waals surface area contributed by atoms with Crippen LogP contribution in [0.3, 0.4) is 0 Å². The van der Waals surface area contributed by atoms with Crippen LogP contribution in [0.4, 0.5) is 4.39 Å². The molecule has 2 aliphatic rings. The van der Waals surface area contributed by atoms with Crippen LogP contribution in [0.15, 0.2) is 21.5 Å². The number of hydrogen-bond donors (Lipinski definition) is 0. The van der Waals surface area contributed by atoms with Crippen molar-refractivity contribution in [1.82, 2.24) is 4.90 Å². The molecule has 1 heterocycles. The minimum Gasteiger partial charge on any atom is -0.335 e. The standard InChI is InChI=1S/C13H12BrClFNO3S/c14-12-10(16)4-8(5-11(12)21(15,19)20)13(18)17-6-7-1-2-9(17)3-7/h4-5,7,9H,1-3,6H2. The average molecular weight is 397 g/mol. The fraction of sp³-hybridized carbons (Fsp3) is 0.462. The molecule has 2 fully saturated rings. The van der Waals surface area contributed by atoms with Crippen molar-refractivity contribution in [1.29, 1.82) is 0 Å². The first-order valence-corrected chi connectivity index (χ1v) is 9.62. The van der Waals surface area contributed by atoms with Crippen molar-refractivity contribution in [3.63, 3.8) is 0 Å². The largest absolute Gasteiger partial charge is 0.335 e. The van der Waals surface area contributed by atoms with Gasteiger partial charge in [0.2, 0.25) is 0 Å². The highest BCUT2D eigenvalue weighted by atomic mass is 79.9. The normalized spacial score (nSPS) is 24.6. The van der Waals surface area contributed by atoms with Crippen LogP contribution in [0.5, 0.6) is 0 Å². The van der Waals surface area contributed by atoms with E-state index in [1.807, 2.05) is 0 Å². The number of amides is 1. The molecule has 1 aromatic carbocycles. The molecule has 1 aliphatic heterocycles. The molecular weight excluding hydrogens is 385 g/mol. The topological polar surface area (TPSA) is 54.5 Å². The molecule has 2 atom stereocenters. The summed E-state index contributed by atoms with van der Waals surface area (Å²) in [6.45, 7) is 0.657. The Labute approximate surface area is 134 Å². The lowest BCUT2D eigenvalue weighted by molar-refractivity contribution is 0.0703. The first kappa shape index (κ1) is 15.2. The maximum Gasteiger partial charge on any atom is 0.262 e. The van der Waals surface area contributed by atoms with Gasteiger partial charge in [0.05, 0.1) is 4.47 Å². The van der Waals surface area contributed by atoms with E-state index in [1.54, 1.807) is 4.90 Å². The number of piperidine rings is 1. The fourth-order valence-corrected chi connectivity index (χ4v) is 5.30. The van der Waals surface area contributed by atoms with E-state index in [4.69, 9.17) is 10.7 Å². The van der Waals surface area contributed by atoms with Gasteiger partial charge in [-0.05, 0) is 53.2 Å². The zero-order chi connectivity index (χ0) is 15.4. The van der Waals surface area contributed by atoms with Gasteiger partial charge in [0.25, 0.3) is 15.0 Å². The molecule has 0 radical (unpaired) electrons. The molecule has 0 N–H and O–H groups in total. The van der Waals surface area contributed by atoms with Crippen LogP contribution in [0.25, 0.3) is 0 Å². The number of halogens is 3. The minimum absolute atomic E-state index is 0.0162. The van der Waals surface area contributed by atoms with Gasteiger partial charge >= 0.3 is 0 Å². The second kappa shape index (κ2) is 5.21. The summed E-state index contributed by atoms with van der Waals surface area (Å²) >= 11 is 2.85. The molecule has 4 nitrogen and oxygen atoms in total. The van der Waals surface area contributed by atoms with Gasteiger partial charge < -0.3 is 4.90 Å². The van der Waals surface area contributed by atoms with Crippen LogP contribution >= 0.6 is 26.6 Å². The van der Waals surface area contributed by atoms with Crippen LogP contribution in [0.2, 0.25) is 0 Å². The molecule has 2 bridgehead atoms. The Morgan fingerprint density at radius 2 is 2.10 bits per heavy atom. The number of rotatable bonds is 2. The molecular formula is C13H12BrClFNO3S. The first-order chi connectivity index (χ1) is 9.77. The summed E-state index contributed by atoms with van der Waals surface area (Å²) in [6.07, 6.45) is 3.05. The molecule has 1 aliphatic carbocycles. The SMILES string of the molecule is O=C(c1cc(F)c(Br)c(S(=O)(=O)Cl)c1)N1CC2CCC1C2. The van der Waals surface area contributed by atoms with Gasteiger partial charge in [-0.15, -0.1) is 0 Å². The summed E-state index contributed by atoms with van der Waals surface area (Å²) in [5.41, 5.74) is 0.0162. The Kier molecular flexibility index (Phi) is 3.78. The van der Waals surface area contributed by atoms with Crippen LogP contribution in [-0.4, -0.2) is 31.8 Å². The molecule has 1 amide bonds. The molecule has 0 spiro atoms. The van der Waals surface area contributed by atoms with E-state index < -0.39 is 19.8 Å². The fourth-order valence-electron chi connectivity index (χ4n) is 3.20. The highest BCUT2D eigenvalue weighted by Crippen LogP contribution is 2.38. The van der Waals surface area contributed by atoms with Crippen molar-refractivity contribution < 1.29 is 17.6 Å². The molecule has 1 saturated carbocycles. The number of fused-ring (bicyclic) bond motifs is 2. The Bertz CT molecular complexity index is 724. The highest BCUT2D eigenvalue weighted by Gasteiger charge is 2.40. The molecule has 0 aromatic heterocycles. The predicted molar refractivity (Wildman–Crippen MR) is 79.3 cm³/mol. The van der Waals surface area contributed by atoms with E-state index >= 15 is 0 Å². The maximum atomic E-state index is 13.9. The number of likely N-dealkylation sites (tertiary alicyclic amines) is 1. The van der Waals surface area contributed by atoms with E-state index in [2.05, 4.69) is 15.9 Å². The second-order valence-electron chi connectivity index (χ2n) is 5.50. The lowest BCUT2D eigenvalue weighted by Crippen LogP contribution is -2.37. The molecule has 1 aromatic rings. The van der Waals surface area contributed by atoms with Crippen molar-refractivity contribution in [2.24, 2.45) is 5.92 Å². The predicted octanol–water partition coefficient (Wildman–Crippen LogP) is 3.14. The van der Waals surface area contributed by atoms with Gasteiger partial charge in [-0.1, -0.05) is 0 Å². The lowest BCUT2D eigenvalue weighted by Gasteiger charge is -2.27. The monoisotopic (exact) mass is 395 g/mol. The Balaban J connectivity index is 1.99. The summed E-state index contributed by atoms with van der Waals surface area (Å²) in [4.78, 5) is 13.8. The third-order valence-corrected chi connectivity index (χ3v) is 6.59. The van der Waals surface area contributed by atoms with Crippen molar-refractivity contribution in [2.75, 3.05) is 6.54 Å². The van der Waals surface area contributed by atoms with Crippen molar-refractivity contribution >= 4 is 41.6 Å². The number of hydrogen-bond acceptors (Lipinski definition) is 3. The van der Waals surface area contributed by atoms with Crippen molar-refractivity contribution in [3.05, 3.63) is 28.0 Å². The third-order valence-electron chi connectivity index (χ3n) is 4.17. The van der Waals surface area contributed by atoms with E-state index in [0.717, 1.165) is 31.4 Å². The number of carbonyl (C=O) groups is 1. The van der Waals surface area contributed by atoms with Crippen molar-refractivity contribution in [3.8, 4) is 0 Å². The maximum absolute atomic E-state index is 13.9. The van der Waals surface area contributed by atoms with Crippen LogP contribution in [0.1, 0.15) is 29.6 Å². The number of carbonyl (C=O) groups excluding carboxylic acids is 1. The van der Waals surface area contributed by atoms with E-state index in [1.165, 1.54) is 0 Å². The zero-order valence-electron chi connectivity index (χ0n) is 10.9. The molecule has 21 heavy (non-hydrogen) atoms. The Morgan fingerprint density at radius 3 is 2.62 bits per heavy atom. The van der Waals surface area contributed by atoms with Crippen LogP contribution in [-0.2, 0) is 9.05 Å². The Hall–Kier alpha value is -0.660. The lowest BCUT2D eigenvalue weighted by atomic mass is 10.1. The van der Waals surface area contributed by atoms with Gasteiger partial charge in [0.15, 0.2) is 0 Å². The van der Waals surface area contributed by atoms with E-state index in [-0.39, 0.29) is 22.0 Å². The second-order valence-corrected chi connectivity index (χ2v) is 8.83. The van der Waals surface area contributed by atoms with Crippen LogP contribution < -0.4 is 0 Å². The molecule has 3 rings (SSSR count). The smallest absolute Gasteiger partial charge is 0.262 e. The Morgan fingerprint density at radius 1 is 1.38 bits per heavy atom. The zero-order valence-corrected chi connectivity index (χ0v) is 14.0. The van der Waals surface area contributed by atoms with Gasteiger partial charge in [0, 0.05) is 28.8 Å². The quantitative estimate of drug-likeness (QED) is 0.722. The minimum atomic E-state index is -4.13. The molecule has 114 valence electrons. The van der Waals surface area contributed by atoms with Gasteiger partial charge in [0.1, 0.15) is 10.7 Å². The summed E-state index contributed by atoms with van der Waals surface area (Å²) in [6, 6.07) is 2.36. The summed E-state index contributed by atoms with van der Waals surface area (Å²) in [5.74, 6) is -0.643. The summed E-state index contributed by atoms with van der Waals surface area (Å²) in [7, 11) is 1.15.